The molecule has 6 nitrogen and oxygen atoms in total. The van der Waals surface area contributed by atoms with Crippen molar-refractivity contribution in [3.63, 3.8) is 0 Å². The third-order valence-electron chi connectivity index (χ3n) is 3.39. The van der Waals surface area contributed by atoms with E-state index in [1.54, 1.807) is 49.0 Å². The van der Waals surface area contributed by atoms with Crippen LogP contribution in [-0.4, -0.2) is 40.6 Å². The summed E-state index contributed by atoms with van der Waals surface area (Å²) in [4.78, 5) is 24.5. The van der Waals surface area contributed by atoms with Gasteiger partial charge in [-0.05, 0) is 18.2 Å². The van der Waals surface area contributed by atoms with Gasteiger partial charge < -0.3 is 19.1 Å². The highest BCUT2D eigenvalue weighted by molar-refractivity contribution is 6.11. The van der Waals surface area contributed by atoms with Crippen molar-refractivity contribution in [2.24, 2.45) is 0 Å². The highest BCUT2D eigenvalue weighted by Gasteiger charge is 2.18. The molecule has 2 aromatic heterocycles. The maximum atomic E-state index is 11.6. The van der Waals surface area contributed by atoms with Crippen LogP contribution in [0.4, 0.5) is 4.79 Å². The quantitative estimate of drug-likeness (QED) is 0.789. The van der Waals surface area contributed by atoms with Gasteiger partial charge in [-0.3, -0.25) is 0 Å². The van der Waals surface area contributed by atoms with Gasteiger partial charge in [0.25, 0.3) is 0 Å². The van der Waals surface area contributed by atoms with Crippen LogP contribution < -0.4 is 4.74 Å². The van der Waals surface area contributed by atoms with Gasteiger partial charge in [-0.15, -0.1) is 0 Å². The number of pyridine rings is 1. The first kappa shape index (κ1) is 13.9. The first-order valence-electron chi connectivity index (χ1n) is 6.64. The fourth-order valence-corrected chi connectivity index (χ4v) is 2.39. The topological polar surface area (TPSA) is 71.2 Å². The van der Waals surface area contributed by atoms with Crippen molar-refractivity contribution >= 4 is 28.5 Å². The van der Waals surface area contributed by atoms with Gasteiger partial charge in [0, 0.05) is 19.5 Å². The number of carbonyl (C=O) groups excluding carboxylic acids is 1. The second-order valence-corrected chi connectivity index (χ2v) is 5.08. The summed E-state index contributed by atoms with van der Waals surface area (Å²) in [6, 6.07) is 10.4. The molecule has 22 heavy (non-hydrogen) atoms. The van der Waals surface area contributed by atoms with E-state index in [0.29, 0.717) is 16.7 Å². The number of rotatable bonds is 2. The van der Waals surface area contributed by atoms with E-state index in [9.17, 15) is 14.7 Å². The summed E-state index contributed by atoms with van der Waals surface area (Å²) in [6.07, 6.45) is 1.13. The highest BCUT2D eigenvalue weighted by Crippen LogP contribution is 2.28. The lowest BCUT2D eigenvalue weighted by molar-refractivity contribution is 0.0701. The number of aromatic nitrogens is 1. The number of hydrogen-bond donors (Lipinski definition) is 1. The van der Waals surface area contributed by atoms with E-state index in [0.717, 1.165) is 5.52 Å². The van der Waals surface area contributed by atoms with Gasteiger partial charge in [-0.25, -0.2) is 9.59 Å². The molecule has 6 heteroatoms. The zero-order valence-electron chi connectivity index (χ0n) is 12.1. The molecule has 2 heterocycles. The van der Waals surface area contributed by atoms with Crippen molar-refractivity contribution in [3.8, 4) is 5.75 Å². The Morgan fingerprint density at radius 1 is 1.09 bits per heavy atom. The van der Waals surface area contributed by atoms with E-state index in [4.69, 9.17) is 4.74 Å². The van der Waals surface area contributed by atoms with Crippen molar-refractivity contribution in [3.05, 3.63) is 48.2 Å². The molecule has 3 aromatic rings. The van der Waals surface area contributed by atoms with E-state index in [2.05, 4.69) is 0 Å². The van der Waals surface area contributed by atoms with Crippen molar-refractivity contribution < 1.29 is 19.4 Å². The van der Waals surface area contributed by atoms with E-state index in [1.165, 1.54) is 4.90 Å². The number of hydrogen-bond acceptors (Lipinski definition) is 3. The predicted molar refractivity (Wildman–Crippen MR) is 81.6 cm³/mol. The number of fused-ring (bicyclic) bond motifs is 3. The molecule has 0 aliphatic rings. The molecule has 0 unspecified atom stereocenters. The van der Waals surface area contributed by atoms with E-state index >= 15 is 0 Å². The number of carboxylic acids is 1. The van der Waals surface area contributed by atoms with Gasteiger partial charge in [-0.1, -0.05) is 18.2 Å². The molecule has 0 aliphatic heterocycles. The Bertz CT molecular complexity index is 896. The lowest BCUT2D eigenvalue weighted by Crippen LogP contribution is -2.25. The van der Waals surface area contributed by atoms with Crippen LogP contribution in [0.1, 0.15) is 10.4 Å². The fraction of sp³-hybridized carbons (Fsp3) is 0.125. The number of para-hydroxylation sites is 1. The zero-order valence-corrected chi connectivity index (χ0v) is 12.1. The minimum Gasteiger partial charge on any atom is -0.478 e. The molecule has 1 N–H and O–H groups in total. The SMILES string of the molecule is CN(C)C(=O)Oc1ccc2c(C(=O)O)c3ccccc3n2c1. The van der Waals surface area contributed by atoms with Gasteiger partial charge in [0.15, 0.2) is 0 Å². The lowest BCUT2D eigenvalue weighted by atomic mass is 10.1. The monoisotopic (exact) mass is 298 g/mol. The predicted octanol–water partition coefficient (Wildman–Crippen LogP) is 2.85. The minimum absolute atomic E-state index is 0.237. The van der Waals surface area contributed by atoms with Crippen LogP contribution in [0.15, 0.2) is 42.6 Å². The van der Waals surface area contributed by atoms with E-state index in [1.807, 2.05) is 12.1 Å². The zero-order chi connectivity index (χ0) is 15.9. The lowest BCUT2D eigenvalue weighted by Gasteiger charge is -2.11. The summed E-state index contributed by atoms with van der Waals surface area (Å²) in [5.41, 5.74) is 1.54. The Balaban J connectivity index is 2.22. The van der Waals surface area contributed by atoms with E-state index in [-0.39, 0.29) is 5.56 Å². The Morgan fingerprint density at radius 2 is 1.82 bits per heavy atom. The Morgan fingerprint density at radius 3 is 2.50 bits per heavy atom. The van der Waals surface area contributed by atoms with Gasteiger partial charge in [0.05, 0.1) is 22.8 Å². The average molecular weight is 298 g/mol. The standard InChI is InChI=1S/C16H14N2O4/c1-17(2)16(21)22-10-7-8-13-14(15(19)20)11-5-3-4-6-12(11)18(13)9-10/h3-9H,1-2H3,(H,19,20). The van der Waals surface area contributed by atoms with Crippen LogP contribution in [-0.2, 0) is 0 Å². The van der Waals surface area contributed by atoms with Crippen molar-refractivity contribution in [1.29, 1.82) is 0 Å². The molecule has 0 aliphatic carbocycles. The maximum absolute atomic E-state index is 11.6. The first-order valence-corrected chi connectivity index (χ1v) is 6.64. The van der Waals surface area contributed by atoms with Gasteiger partial charge in [0.1, 0.15) is 5.75 Å². The molecule has 3 rings (SSSR count). The van der Waals surface area contributed by atoms with Crippen molar-refractivity contribution in [1.82, 2.24) is 9.30 Å². The number of benzene rings is 1. The van der Waals surface area contributed by atoms with E-state index < -0.39 is 12.1 Å². The molecule has 0 bridgehead atoms. The molecule has 1 aromatic carbocycles. The number of nitrogens with zero attached hydrogens (tertiary/aromatic N) is 2. The Kier molecular flexibility index (Phi) is 3.21. The van der Waals surface area contributed by atoms with Crippen molar-refractivity contribution in [2.45, 2.75) is 0 Å². The minimum atomic E-state index is -0.989. The molecular weight excluding hydrogens is 284 g/mol. The largest absolute Gasteiger partial charge is 0.478 e. The number of amides is 1. The van der Waals surface area contributed by atoms with Crippen LogP contribution in [0.25, 0.3) is 16.4 Å². The average Bonchev–Trinajstić information content (AvgIpc) is 2.81. The summed E-state index contributed by atoms with van der Waals surface area (Å²) >= 11 is 0. The second-order valence-electron chi connectivity index (χ2n) is 5.08. The fourth-order valence-electron chi connectivity index (χ4n) is 2.39. The van der Waals surface area contributed by atoms with Gasteiger partial charge >= 0.3 is 12.1 Å². The van der Waals surface area contributed by atoms with Crippen molar-refractivity contribution in [2.75, 3.05) is 14.1 Å². The molecule has 112 valence electrons. The smallest absolute Gasteiger partial charge is 0.414 e. The van der Waals surface area contributed by atoms with Crippen LogP contribution in [0.2, 0.25) is 0 Å². The van der Waals surface area contributed by atoms with Crippen LogP contribution in [0.3, 0.4) is 0 Å². The summed E-state index contributed by atoms with van der Waals surface area (Å²) in [5, 5.41) is 10.1. The summed E-state index contributed by atoms with van der Waals surface area (Å²) in [6.45, 7) is 0. The molecule has 0 radical (unpaired) electrons. The number of ether oxygens (including phenoxy) is 1. The molecule has 0 saturated heterocycles. The third kappa shape index (κ3) is 2.14. The molecule has 0 spiro atoms. The maximum Gasteiger partial charge on any atom is 0.414 e. The number of aromatic carboxylic acids is 1. The number of carbonyl (C=O) groups is 2. The number of carboxylic acid groups (broad SMARTS) is 1. The van der Waals surface area contributed by atoms with Gasteiger partial charge in [-0.2, -0.15) is 0 Å². The summed E-state index contributed by atoms with van der Waals surface area (Å²) in [7, 11) is 3.18. The molecule has 0 atom stereocenters. The first-order chi connectivity index (χ1) is 10.5. The highest BCUT2D eigenvalue weighted by atomic mass is 16.6. The second kappa shape index (κ2) is 5.07. The molecule has 0 fully saturated rings. The molecular formula is C16H14N2O4. The Labute approximate surface area is 126 Å². The summed E-state index contributed by atoms with van der Waals surface area (Å²) < 4.78 is 6.94. The molecule has 0 saturated carbocycles. The third-order valence-corrected chi connectivity index (χ3v) is 3.39. The Hall–Kier alpha value is -3.02. The van der Waals surface area contributed by atoms with Crippen LogP contribution in [0.5, 0.6) is 5.75 Å². The normalized spacial score (nSPS) is 10.8. The summed E-state index contributed by atoms with van der Waals surface area (Å²) in [5.74, 6) is -0.638. The van der Waals surface area contributed by atoms with Crippen LogP contribution >= 0.6 is 0 Å². The van der Waals surface area contributed by atoms with Crippen LogP contribution in [0, 0.1) is 0 Å². The molecule has 1 amide bonds. The van der Waals surface area contributed by atoms with Gasteiger partial charge in [0.2, 0.25) is 0 Å².